The van der Waals surface area contributed by atoms with Crippen LogP contribution in [0.15, 0.2) is 42.9 Å². The van der Waals surface area contributed by atoms with Crippen molar-refractivity contribution in [2.24, 2.45) is 0 Å². The number of halogens is 3. The molecule has 174 valence electrons. The second kappa shape index (κ2) is 8.49. The van der Waals surface area contributed by atoms with Gasteiger partial charge in [0.2, 0.25) is 0 Å². The number of anilines is 1. The van der Waals surface area contributed by atoms with Gasteiger partial charge in [-0.3, -0.25) is 9.97 Å². The third-order valence-corrected chi connectivity index (χ3v) is 5.19. The molecule has 7 nitrogen and oxygen atoms in total. The van der Waals surface area contributed by atoms with Crippen molar-refractivity contribution < 1.29 is 22.7 Å². The molecule has 1 amide bonds. The van der Waals surface area contributed by atoms with Crippen molar-refractivity contribution >= 4 is 22.8 Å². The molecular formula is C23H24F3N5O2. The van der Waals surface area contributed by atoms with E-state index >= 15 is 0 Å². The van der Waals surface area contributed by atoms with E-state index in [0.29, 0.717) is 41.1 Å². The summed E-state index contributed by atoms with van der Waals surface area (Å²) in [6.07, 6.45) is -0.111. The van der Waals surface area contributed by atoms with Gasteiger partial charge < -0.3 is 15.0 Å². The fourth-order valence-corrected chi connectivity index (χ4v) is 3.66. The second-order valence-corrected chi connectivity index (χ2v) is 8.91. The maximum Gasteiger partial charge on any atom is 0.417 e. The van der Waals surface area contributed by atoms with Crippen molar-refractivity contribution in [3.8, 4) is 11.3 Å². The number of ether oxygens (including phenoxy) is 1. The van der Waals surface area contributed by atoms with Gasteiger partial charge >= 0.3 is 12.3 Å². The average molecular weight is 459 g/mol. The van der Waals surface area contributed by atoms with Crippen LogP contribution in [-0.4, -0.2) is 50.7 Å². The molecule has 1 fully saturated rings. The molecule has 4 heterocycles. The fourth-order valence-electron chi connectivity index (χ4n) is 3.66. The lowest BCUT2D eigenvalue weighted by Gasteiger charge is -2.24. The maximum atomic E-state index is 12.9. The van der Waals surface area contributed by atoms with Crippen molar-refractivity contribution in [2.45, 2.75) is 45.0 Å². The third kappa shape index (κ3) is 5.15. The standard InChI is InChI=1S/C23H24F3N5O2/c1-22(2,3)33-21(32)31-10-8-15(13-31)30-20-16-5-4-9-27-19(16)17(12-29-20)18-7-6-14(11-28-18)23(24,25)26/h4-7,9,11-12,15H,8,10,13H2,1-3H3,(H,29,30)/t15-/m0/s1. The first-order chi connectivity index (χ1) is 15.5. The number of hydrogen-bond donors (Lipinski definition) is 1. The topological polar surface area (TPSA) is 80.2 Å². The van der Waals surface area contributed by atoms with E-state index in [-0.39, 0.29) is 12.1 Å². The molecule has 3 aromatic rings. The number of aromatic nitrogens is 3. The van der Waals surface area contributed by atoms with E-state index in [1.807, 2.05) is 26.8 Å². The Morgan fingerprint density at radius 2 is 1.91 bits per heavy atom. The molecule has 10 heteroatoms. The van der Waals surface area contributed by atoms with Gasteiger partial charge in [0.25, 0.3) is 0 Å². The van der Waals surface area contributed by atoms with Gasteiger partial charge in [0.15, 0.2) is 0 Å². The predicted molar refractivity (Wildman–Crippen MR) is 118 cm³/mol. The van der Waals surface area contributed by atoms with Gasteiger partial charge in [-0.05, 0) is 51.5 Å². The van der Waals surface area contributed by atoms with Crippen LogP contribution in [0, 0.1) is 0 Å². The summed E-state index contributed by atoms with van der Waals surface area (Å²) in [6, 6.07) is 5.89. The zero-order chi connectivity index (χ0) is 23.8. The van der Waals surface area contributed by atoms with Crippen LogP contribution < -0.4 is 5.32 Å². The van der Waals surface area contributed by atoms with Crippen LogP contribution in [-0.2, 0) is 10.9 Å². The highest BCUT2D eigenvalue weighted by molar-refractivity contribution is 5.98. The van der Waals surface area contributed by atoms with E-state index in [1.54, 1.807) is 23.4 Å². The van der Waals surface area contributed by atoms with Gasteiger partial charge in [-0.1, -0.05) is 0 Å². The quantitative estimate of drug-likeness (QED) is 0.585. The van der Waals surface area contributed by atoms with Crippen LogP contribution in [0.4, 0.5) is 23.8 Å². The van der Waals surface area contributed by atoms with E-state index < -0.39 is 17.3 Å². The van der Waals surface area contributed by atoms with E-state index in [1.165, 1.54) is 6.07 Å². The van der Waals surface area contributed by atoms with Gasteiger partial charge in [0.05, 0.1) is 16.8 Å². The van der Waals surface area contributed by atoms with Crippen molar-refractivity contribution in [2.75, 3.05) is 18.4 Å². The number of pyridine rings is 3. The Morgan fingerprint density at radius 3 is 2.58 bits per heavy atom. The number of likely N-dealkylation sites (tertiary alicyclic amines) is 1. The number of nitrogens with one attached hydrogen (secondary N) is 1. The lowest BCUT2D eigenvalue weighted by atomic mass is 10.1. The van der Waals surface area contributed by atoms with Gasteiger partial charge in [-0.25, -0.2) is 9.78 Å². The van der Waals surface area contributed by atoms with Crippen LogP contribution in [0.5, 0.6) is 0 Å². The molecule has 0 spiro atoms. The summed E-state index contributed by atoms with van der Waals surface area (Å²) in [5.41, 5.74) is 0.0814. The Hall–Kier alpha value is -3.43. The molecule has 0 bridgehead atoms. The van der Waals surface area contributed by atoms with Crippen LogP contribution in [0.2, 0.25) is 0 Å². The highest BCUT2D eigenvalue weighted by atomic mass is 19.4. The van der Waals surface area contributed by atoms with Crippen LogP contribution in [0.25, 0.3) is 22.2 Å². The van der Waals surface area contributed by atoms with E-state index in [2.05, 4.69) is 20.3 Å². The summed E-state index contributed by atoms with van der Waals surface area (Å²) in [6.45, 7) is 6.52. The number of alkyl halides is 3. The SMILES string of the molecule is CC(C)(C)OC(=O)N1CC[C@H](Nc2ncc(-c3ccc(C(F)(F)F)cn3)c3ncccc23)C1. The molecule has 1 aliphatic rings. The molecule has 3 aromatic heterocycles. The van der Waals surface area contributed by atoms with Crippen molar-refractivity contribution in [3.05, 3.63) is 48.4 Å². The highest BCUT2D eigenvalue weighted by Crippen LogP contribution is 2.33. The molecule has 4 rings (SSSR count). The molecule has 0 aromatic carbocycles. The molecular weight excluding hydrogens is 435 g/mol. The summed E-state index contributed by atoms with van der Waals surface area (Å²) < 4.78 is 44.1. The Bertz CT molecular complexity index is 1160. The molecule has 0 aliphatic carbocycles. The normalized spacial score (nSPS) is 16.8. The fraction of sp³-hybridized carbons (Fsp3) is 0.391. The van der Waals surface area contributed by atoms with Crippen molar-refractivity contribution in [1.82, 2.24) is 19.9 Å². The Morgan fingerprint density at radius 1 is 1.12 bits per heavy atom. The van der Waals surface area contributed by atoms with Crippen LogP contribution in [0.1, 0.15) is 32.8 Å². The zero-order valence-corrected chi connectivity index (χ0v) is 18.5. The van der Waals surface area contributed by atoms with E-state index in [9.17, 15) is 18.0 Å². The molecule has 0 saturated carbocycles. The first-order valence-electron chi connectivity index (χ1n) is 10.5. The largest absolute Gasteiger partial charge is 0.444 e. The Labute approximate surface area is 189 Å². The first kappa shape index (κ1) is 22.8. The molecule has 1 aliphatic heterocycles. The Kier molecular flexibility index (Phi) is 5.85. The number of carbonyl (C=O) groups excluding carboxylic acids is 1. The monoisotopic (exact) mass is 459 g/mol. The van der Waals surface area contributed by atoms with E-state index in [4.69, 9.17) is 4.74 Å². The van der Waals surface area contributed by atoms with Gasteiger partial charge in [-0.2, -0.15) is 13.2 Å². The minimum atomic E-state index is -4.45. The Balaban J connectivity index is 1.56. The predicted octanol–water partition coefficient (Wildman–Crippen LogP) is 5.13. The third-order valence-electron chi connectivity index (χ3n) is 5.19. The number of fused-ring (bicyclic) bond motifs is 1. The summed E-state index contributed by atoms with van der Waals surface area (Å²) >= 11 is 0. The van der Waals surface area contributed by atoms with Gasteiger partial charge in [-0.15, -0.1) is 0 Å². The lowest BCUT2D eigenvalue weighted by molar-refractivity contribution is -0.137. The lowest BCUT2D eigenvalue weighted by Crippen LogP contribution is -2.36. The molecule has 0 radical (unpaired) electrons. The highest BCUT2D eigenvalue weighted by Gasteiger charge is 2.31. The van der Waals surface area contributed by atoms with Gasteiger partial charge in [0, 0.05) is 48.7 Å². The van der Waals surface area contributed by atoms with Crippen LogP contribution >= 0.6 is 0 Å². The molecule has 1 saturated heterocycles. The average Bonchev–Trinajstić information content (AvgIpc) is 3.21. The number of carbonyl (C=O) groups is 1. The van der Waals surface area contributed by atoms with E-state index in [0.717, 1.165) is 18.7 Å². The molecule has 1 atom stereocenters. The molecule has 1 N–H and O–H groups in total. The van der Waals surface area contributed by atoms with Gasteiger partial charge in [0.1, 0.15) is 11.4 Å². The zero-order valence-electron chi connectivity index (χ0n) is 18.5. The summed E-state index contributed by atoms with van der Waals surface area (Å²) in [5.74, 6) is 0.588. The summed E-state index contributed by atoms with van der Waals surface area (Å²) in [7, 11) is 0. The molecule has 33 heavy (non-hydrogen) atoms. The number of amides is 1. The second-order valence-electron chi connectivity index (χ2n) is 8.91. The smallest absolute Gasteiger partial charge is 0.417 e. The van der Waals surface area contributed by atoms with Crippen molar-refractivity contribution in [1.29, 1.82) is 0 Å². The molecule has 0 unspecified atom stereocenters. The minimum Gasteiger partial charge on any atom is -0.444 e. The maximum absolute atomic E-state index is 12.9. The number of hydrogen-bond acceptors (Lipinski definition) is 6. The number of nitrogens with zero attached hydrogens (tertiary/aromatic N) is 4. The summed E-state index contributed by atoms with van der Waals surface area (Å²) in [4.78, 5) is 26.9. The number of rotatable bonds is 3. The summed E-state index contributed by atoms with van der Waals surface area (Å²) in [5, 5.41) is 4.08. The van der Waals surface area contributed by atoms with Crippen LogP contribution in [0.3, 0.4) is 0 Å². The first-order valence-corrected chi connectivity index (χ1v) is 10.5. The minimum absolute atomic E-state index is 0.0246. The van der Waals surface area contributed by atoms with Crippen molar-refractivity contribution in [3.63, 3.8) is 0 Å².